The van der Waals surface area contributed by atoms with Crippen LogP contribution in [0.15, 0.2) is 24.3 Å². The summed E-state index contributed by atoms with van der Waals surface area (Å²) in [5.74, 6) is 0.655. The molecule has 2 atom stereocenters. The molecule has 19 heavy (non-hydrogen) atoms. The van der Waals surface area contributed by atoms with Gasteiger partial charge in [-0.2, -0.15) is 0 Å². The summed E-state index contributed by atoms with van der Waals surface area (Å²) in [6.07, 6.45) is 5.38. The lowest BCUT2D eigenvalue weighted by Gasteiger charge is -2.27. The molecule has 3 nitrogen and oxygen atoms in total. The van der Waals surface area contributed by atoms with Crippen LogP contribution in [0.1, 0.15) is 37.2 Å². The zero-order valence-electron chi connectivity index (χ0n) is 11.5. The lowest BCUT2D eigenvalue weighted by Crippen LogP contribution is -2.28. The van der Waals surface area contributed by atoms with E-state index in [1.165, 1.54) is 30.5 Å². The molecule has 2 aliphatic rings. The number of anilines is 1. The number of rotatable bonds is 5. The highest BCUT2D eigenvalue weighted by Gasteiger charge is 2.19. The lowest BCUT2D eigenvalue weighted by molar-refractivity contribution is 0.104. The SMILES string of the molecule is c1ccc2c(c1)NCCC2CNCCC1CCCO1. The molecule has 0 amide bonds. The van der Waals surface area contributed by atoms with Crippen LogP contribution in [0.5, 0.6) is 0 Å². The Morgan fingerprint density at radius 1 is 1.26 bits per heavy atom. The minimum absolute atomic E-state index is 0.507. The normalized spacial score (nSPS) is 25.9. The molecule has 2 unspecified atom stereocenters. The second kappa shape index (κ2) is 6.40. The summed E-state index contributed by atoms with van der Waals surface area (Å²) in [5, 5.41) is 7.10. The van der Waals surface area contributed by atoms with Crippen LogP contribution in [-0.2, 0) is 4.74 Å². The molecule has 3 heteroatoms. The molecule has 104 valence electrons. The lowest BCUT2D eigenvalue weighted by atomic mass is 9.91. The van der Waals surface area contributed by atoms with Gasteiger partial charge in [-0.3, -0.25) is 0 Å². The zero-order chi connectivity index (χ0) is 12.9. The zero-order valence-corrected chi connectivity index (χ0v) is 11.5. The number of hydrogen-bond donors (Lipinski definition) is 2. The predicted molar refractivity (Wildman–Crippen MR) is 78.8 cm³/mol. The molecule has 2 aliphatic heterocycles. The number of fused-ring (bicyclic) bond motifs is 1. The van der Waals surface area contributed by atoms with Gasteiger partial charge in [0, 0.05) is 31.3 Å². The van der Waals surface area contributed by atoms with E-state index in [0.717, 1.165) is 32.7 Å². The van der Waals surface area contributed by atoms with Crippen molar-refractivity contribution < 1.29 is 4.74 Å². The fraction of sp³-hybridized carbons (Fsp3) is 0.625. The van der Waals surface area contributed by atoms with Crippen LogP contribution < -0.4 is 10.6 Å². The Morgan fingerprint density at radius 2 is 2.21 bits per heavy atom. The third-order valence-electron chi connectivity index (χ3n) is 4.27. The topological polar surface area (TPSA) is 33.3 Å². The van der Waals surface area contributed by atoms with E-state index in [2.05, 4.69) is 34.9 Å². The maximum atomic E-state index is 5.65. The van der Waals surface area contributed by atoms with Gasteiger partial charge in [0.25, 0.3) is 0 Å². The van der Waals surface area contributed by atoms with Gasteiger partial charge in [0.05, 0.1) is 6.10 Å². The fourth-order valence-corrected chi connectivity index (χ4v) is 3.17. The van der Waals surface area contributed by atoms with Crippen LogP contribution >= 0.6 is 0 Å². The van der Waals surface area contributed by atoms with Gasteiger partial charge in [0.1, 0.15) is 0 Å². The molecule has 2 heterocycles. The number of nitrogens with one attached hydrogen (secondary N) is 2. The Morgan fingerprint density at radius 3 is 3.11 bits per heavy atom. The summed E-state index contributed by atoms with van der Waals surface area (Å²) >= 11 is 0. The minimum atomic E-state index is 0.507. The number of para-hydroxylation sites is 1. The van der Waals surface area contributed by atoms with Gasteiger partial charge in [0.2, 0.25) is 0 Å². The molecular weight excluding hydrogens is 236 g/mol. The number of hydrogen-bond acceptors (Lipinski definition) is 3. The van der Waals surface area contributed by atoms with Crippen LogP contribution in [0.3, 0.4) is 0 Å². The van der Waals surface area contributed by atoms with Gasteiger partial charge < -0.3 is 15.4 Å². The average molecular weight is 260 g/mol. The summed E-state index contributed by atoms with van der Waals surface area (Å²) in [7, 11) is 0. The van der Waals surface area contributed by atoms with Crippen molar-refractivity contribution in [3.8, 4) is 0 Å². The van der Waals surface area contributed by atoms with Gasteiger partial charge in [-0.15, -0.1) is 0 Å². The summed E-state index contributed by atoms with van der Waals surface area (Å²) in [6.45, 7) is 4.23. The van der Waals surface area contributed by atoms with Crippen molar-refractivity contribution in [1.82, 2.24) is 5.32 Å². The average Bonchev–Trinajstić information content (AvgIpc) is 2.97. The van der Waals surface area contributed by atoms with Crippen LogP contribution in [0.25, 0.3) is 0 Å². The van der Waals surface area contributed by atoms with Crippen LogP contribution in [0.4, 0.5) is 5.69 Å². The molecular formula is C16H24N2O. The first-order chi connectivity index (χ1) is 9.43. The van der Waals surface area contributed by atoms with E-state index < -0.39 is 0 Å². The molecule has 0 bridgehead atoms. The molecule has 0 aliphatic carbocycles. The van der Waals surface area contributed by atoms with Crippen molar-refractivity contribution >= 4 is 5.69 Å². The van der Waals surface area contributed by atoms with E-state index in [9.17, 15) is 0 Å². The van der Waals surface area contributed by atoms with Crippen molar-refractivity contribution in [1.29, 1.82) is 0 Å². The third kappa shape index (κ3) is 3.28. The van der Waals surface area contributed by atoms with Crippen molar-refractivity contribution in [3.05, 3.63) is 29.8 Å². The van der Waals surface area contributed by atoms with Crippen LogP contribution in [0, 0.1) is 0 Å². The summed E-state index contributed by atoms with van der Waals surface area (Å²) in [6, 6.07) is 8.70. The Balaban J connectivity index is 1.45. The quantitative estimate of drug-likeness (QED) is 0.799. The van der Waals surface area contributed by atoms with E-state index in [-0.39, 0.29) is 0 Å². The maximum absolute atomic E-state index is 5.65. The van der Waals surface area contributed by atoms with Crippen molar-refractivity contribution in [2.45, 2.75) is 37.7 Å². The van der Waals surface area contributed by atoms with Crippen LogP contribution in [0.2, 0.25) is 0 Å². The Kier molecular flexibility index (Phi) is 4.36. The van der Waals surface area contributed by atoms with E-state index >= 15 is 0 Å². The van der Waals surface area contributed by atoms with Gasteiger partial charge in [-0.1, -0.05) is 18.2 Å². The van der Waals surface area contributed by atoms with E-state index in [1.807, 2.05) is 0 Å². The third-order valence-corrected chi connectivity index (χ3v) is 4.27. The highest BCUT2D eigenvalue weighted by Crippen LogP contribution is 2.30. The highest BCUT2D eigenvalue weighted by atomic mass is 16.5. The molecule has 2 N–H and O–H groups in total. The fourth-order valence-electron chi connectivity index (χ4n) is 3.17. The smallest absolute Gasteiger partial charge is 0.0588 e. The highest BCUT2D eigenvalue weighted by molar-refractivity contribution is 5.54. The monoisotopic (exact) mass is 260 g/mol. The first-order valence-electron chi connectivity index (χ1n) is 7.58. The molecule has 1 aromatic carbocycles. The molecule has 0 aromatic heterocycles. The summed E-state index contributed by atoms with van der Waals surface area (Å²) in [4.78, 5) is 0. The van der Waals surface area contributed by atoms with Crippen molar-refractivity contribution in [3.63, 3.8) is 0 Å². The first-order valence-corrected chi connectivity index (χ1v) is 7.58. The van der Waals surface area contributed by atoms with Gasteiger partial charge in [0.15, 0.2) is 0 Å². The molecule has 1 aromatic rings. The Labute approximate surface area is 115 Å². The first kappa shape index (κ1) is 12.9. The Bertz CT molecular complexity index is 401. The Hall–Kier alpha value is -1.06. The van der Waals surface area contributed by atoms with Crippen LogP contribution in [-0.4, -0.2) is 32.3 Å². The van der Waals surface area contributed by atoms with E-state index in [1.54, 1.807) is 0 Å². The molecule has 0 radical (unpaired) electrons. The molecule has 0 saturated carbocycles. The molecule has 1 saturated heterocycles. The number of ether oxygens (including phenoxy) is 1. The summed E-state index contributed by atoms with van der Waals surface area (Å²) in [5.41, 5.74) is 2.79. The standard InChI is InChI=1S/C16H24N2O/c1-2-6-16-15(5-1)13(7-10-18-16)12-17-9-8-14-4-3-11-19-14/h1-2,5-6,13-14,17-18H,3-4,7-12H2. The predicted octanol–water partition coefficient (Wildman–Crippen LogP) is 2.74. The van der Waals surface area contributed by atoms with Gasteiger partial charge >= 0.3 is 0 Å². The largest absolute Gasteiger partial charge is 0.385 e. The number of benzene rings is 1. The van der Waals surface area contributed by atoms with Crippen molar-refractivity contribution in [2.24, 2.45) is 0 Å². The minimum Gasteiger partial charge on any atom is -0.385 e. The molecule has 0 spiro atoms. The second-order valence-electron chi connectivity index (χ2n) is 5.63. The second-order valence-corrected chi connectivity index (χ2v) is 5.63. The summed E-state index contributed by atoms with van der Waals surface area (Å²) < 4.78 is 5.65. The molecule has 1 fully saturated rings. The van der Waals surface area contributed by atoms with Gasteiger partial charge in [-0.05, 0) is 43.9 Å². The van der Waals surface area contributed by atoms with E-state index in [0.29, 0.717) is 12.0 Å². The van der Waals surface area contributed by atoms with E-state index in [4.69, 9.17) is 4.74 Å². The van der Waals surface area contributed by atoms with Gasteiger partial charge in [-0.25, -0.2) is 0 Å². The van der Waals surface area contributed by atoms with Crippen molar-refractivity contribution in [2.75, 3.05) is 31.6 Å². The maximum Gasteiger partial charge on any atom is 0.0588 e. The molecule has 3 rings (SSSR count).